The van der Waals surface area contributed by atoms with Crippen LogP contribution in [0, 0.1) is 0 Å². The second-order valence-electron chi connectivity index (χ2n) is 12.1. The number of aromatic nitrogens is 1. The summed E-state index contributed by atoms with van der Waals surface area (Å²) >= 11 is 0. The summed E-state index contributed by atoms with van der Waals surface area (Å²) in [5.41, 5.74) is 3.98. The molecule has 0 saturated carbocycles. The molecule has 11 heteroatoms. The Morgan fingerprint density at radius 3 is 2.52 bits per heavy atom. The number of morpholine rings is 1. The number of ether oxygens (including phenoxy) is 2. The fourth-order valence-electron chi connectivity index (χ4n) is 6.00. The largest absolute Gasteiger partial charge is 0.489 e. The lowest BCUT2D eigenvalue weighted by Gasteiger charge is -2.29. The number of amides is 1. The van der Waals surface area contributed by atoms with Gasteiger partial charge in [-0.15, -0.1) is 0 Å². The molecular weight excluding hydrogens is 619 g/mol. The van der Waals surface area contributed by atoms with Crippen molar-refractivity contribution in [2.75, 3.05) is 68.0 Å². The zero-order valence-electron chi connectivity index (χ0n) is 26.8. The van der Waals surface area contributed by atoms with E-state index in [0.717, 1.165) is 94.4 Å². The van der Waals surface area contributed by atoms with Crippen molar-refractivity contribution in [3.05, 3.63) is 102 Å². The molecule has 2 aliphatic rings. The summed E-state index contributed by atoms with van der Waals surface area (Å²) in [6.45, 7) is 6.85. The van der Waals surface area contributed by atoms with Gasteiger partial charge in [-0.05, 0) is 79.4 Å². The SMILES string of the molecule is O=C(Nc1ccc(N2CCCCC2)cc1-c1cc(OCc2cccc(C(F)(F)F)c2)ccn1)c1cccc(NCCN2CCOCC2)c1. The highest BCUT2D eigenvalue weighted by Gasteiger charge is 2.30. The van der Waals surface area contributed by atoms with Crippen LogP contribution in [0.2, 0.25) is 0 Å². The van der Waals surface area contributed by atoms with Crippen LogP contribution >= 0.6 is 0 Å². The second-order valence-corrected chi connectivity index (χ2v) is 12.1. The van der Waals surface area contributed by atoms with Crippen LogP contribution in [0.1, 0.15) is 40.7 Å². The van der Waals surface area contributed by atoms with Crippen LogP contribution in [-0.2, 0) is 17.5 Å². The van der Waals surface area contributed by atoms with Gasteiger partial charge in [0.25, 0.3) is 5.91 Å². The highest BCUT2D eigenvalue weighted by atomic mass is 19.4. The molecule has 3 heterocycles. The van der Waals surface area contributed by atoms with E-state index >= 15 is 0 Å². The zero-order chi connectivity index (χ0) is 33.3. The summed E-state index contributed by atoms with van der Waals surface area (Å²) in [5.74, 6) is 0.199. The molecule has 2 aliphatic heterocycles. The van der Waals surface area contributed by atoms with Crippen molar-refractivity contribution in [3.63, 3.8) is 0 Å². The van der Waals surface area contributed by atoms with Crippen molar-refractivity contribution >= 4 is 23.0 Å². The van der Waals surface area contributed by atoms with E-state index in [-0.39, 0.29) is 12.5 Å². The van der Waals surface area contributed by atoms with Crippen LogP contribution in [-0.4, -0.2) is 68.3 Å². The van der Waals surface area contributed by atoms with Gasteiger partial charge in [0, 0.05) is 74.0 Å². The van der Waals surface area contributed by atoms with Gasteiger partial charge < -0.3 is 25.0 Å². The quantitative estimate of drug-likeness (QED) is 0.175. The number of nitrogens with one attached hydrogen (secondary N) is 2. The van der Waals surface area contributed by atoms with Crippen LogP contribution in [0.4, 0.5) is 30.2 Å². The fraction of sp³-hybridized carbons (Fsp3) is 0.351. The van der Waals surface area contributed by atoms with E-state index in [0.29, 0.717) is 28.3 Å². The normalized spacial score (nSPS) is 15.6. The molecule has 8 nitrogen and oxygen atoms in total. The molecule has 1 amide bonds. The predicted molar refractivity (Wildman–Crippen MR) is 182 cm³/mol. The number of alkyl halides is 3. The lowest BCUT2D eigenvalue weighted by molar-refractivity contribution is -0.137. The van der Waals surface area contributed by atoms with Gasteiger partial charge in [-0.25, -0.2) is 0 Å². The third kappa shape index (κ3) is 8.84. The van der Waals surface area contributed by atoms with E-state index < -0.39 is 11.7 Å². The number of carbonyl (C=O) groups excluding carboxylic acids is 1. The molecule has 2 saturated heterocycles. The molecule has 0 radical (unpaired) electrons. The average Bonchev–Trinajstić information content (AvgIpc) is 3.12. The predicted octanol–water partition coefficient (Wildman–Crippen LogP) is 7.33. The van der Waals surface area contributed by atoms with Gasteiger partial charge in [-0.1, -0.05) is 18.2 Å². The van der Waals surface area contributed by atoms with Crippen molar-refractivity contribution in [3.8, 4) is 17.0 Å². The highest BCUT2D eigenvalue weighted by molar-refractivity contribution is 6.07. The molecule has 0 aliphatic carbocycles. The molecule has 0 unspecified atom stereocenters. The van der Waals surface area contributed by atoms with Crippen molar-refractivity contribution < 1.29 is 27.4 Å². The molecule has 0 bridgehead atoms. The van der Waals surface area contributed by atoms with E-state index in [9.17, 15) is 18.0 Å². The number of halogens is 3. The van der Waals surface area contributed by atoms with Gasteiger partial charge in [-0.3, -0.25) is 14.7 Å². The number of pyridine rings is 1. The average molecular weight is 660 g/mol. The minimum atomic E-state index is -4.43. The molecule has 3 aromatic carbocycles. The minimum Gasteiger partial charge on any atom is -0.489 e. The third-order valence-electron chi connectivity index (χ3n) is 8.63. The number of anilines is 3. The molecule has 48 heavy (non-hydrogen) atoms. The molecule has 0 atom stereocenters. The van der Waals surface area contributed by atoms with Gasteiger partial charge in [0.15, 0.2) is 0 Å². The van der Waals surface area contributed by atoms with Gasteiger partial charge in [0.05, 0.1) is 30.2 Å². The molecule has 1 aromatic heterocycles. The maximum absolute atomic E-state index is 13.6. The number of piperidine rings is 1. The Morgan fingerprint density at radius 1 is 0.896 bits per heavy atom. The Labute approximate surface area is 278 Å². The Hall–Kier alpha value is -4.61. The Morgan fingerprint density at radius 2 is 1.71 bits per heavy atom. The second kappa shape index (κ2) is 15.5. The van der Waals surface area contributed by atoms with Gasteiger partial charge in [0.2, 0.25) is 0 Å². The maximum atomic E-state index is 13.6. The number of nitrogens with zero attached hydrogens (tertiary/aromatic N) is 3. The Kier molecular flexibility index (Phi) is 10.8. The van der Waals surface area contributed by atoms with Gasteiger partial charge >= 0.3 is 6.18 Å². The first kappa shape index (κ1) is 33.3. The van der Waals surface area contributed by atoms with E-state index in [4.69, 9.17) is 9.47 Å². The molecule has 6 rings (SSSR count). The minimum absolute atomic E-state index is 0.0401. The lowest BCUT2D eigenvalue weighted by Crippen LogP contribution is -2.39. The first-order chi connectivity index (χ1) is 23.3. The summed E-state index contributed by atoms with van der Waals surface area (Å²) in [5, 5.41) is 6.52. The van der Waals surface area contributed by atoms with Gasteiger partial charge in [-0.2, -0.15) is 13.2 Å². The topological polar surface area (TPSA) is 79.0 Å². The molecule has 0 spiro atoms. The van der Waals surface area contributed by atoms with Crippen LogP contribution in [0.25, 0.3) is 11.3 Å². The summed E-state index contributed by atoms with van der Waals surface area (Å²) in [7, 11) is 0. The van der Waals surface area contributed by atoms with Crippen molar-refractivity contribution in [1.29, 1.82) is 0 Å². The monoisotopic (exact) mass is 659 g/mol. The van der Waals surface area contributed by atoms with Crippen LogP contribution < -0.4 is 20.3 Å². The first-order valence-corrected chi connectivity index (χ1v) is 16.4. The summed E-state index contributed by atoms with van der Waals surface area (Å²) in [6, 6.07) is 21.9. The summed E-state index contributed by atoms with van der Waals surface area (Å²) < 4.78 is 51.0. The van der Waals surface area contributed by atoms with Crippen molar-refractivity contribution in [2.45, 2.75) is 32.0 Å². The molecule has 252 valence electrons. The number of benzene rings is 3. The standard InChI is InChI=1S/C37H40F3N5O3/c38-37(39,40)29-8-4-6-27(22-29)26-48-32-12-13-42-35(25-32)33-24-31(45-15-2-1-3-16-45)10-11-34(33)43-36(46)28-7-5-9-30(23-28)41-14-17-44-18-20-47-21-19-44/h4-13,22-25,41H,1-3,14-21,26H2,(H,43,46). The lowest BCUT2D eigenvalue weighted by atomic mass is 10.0. The fourth-order valence-corrected chi connectivity index (χ4v) is 6.00. The summed E-state index contributed by atoms with van der Waals surface area (Å²) in [6.07, 6.45) is 0.595. The Balaban J connectivity index is 1.20. The number of hydrogen-bond donors (Lipinski definition) is 2. The van der Waals surface area contributed by atoms with Crippen molar-refractivity contribution in [1.82, 2.24) is 9.88 Å². The van der Waals surface area contributed by atoms with Crippen LogP contribution in [0.15, 0.2) is 85.1 Å². The van der Waals surface area contributed by atoms with E-state index in [1.54, 1.807) is 30.5 Å². The summed E-state index contributed by atoms with van der Waals surface area (Å²) in [4.78, 5) is 22.9. The Bertz CT molecular complexity index is 1690. The molecular formula is C37H40F3N5O3. The zero-order valence-corrected chi connectivity index (χ0v) is 26.8. The van der Waals surface area contributed by atoms with Crippen LogP contribution in [0.3, 0.4) is 0 Å². The van der Waals surface area contributed by atoms with Gasteiger partial charge in [0.1, 0.15) is 12.4 Å². The third-order valence-corrected chi connectivity index (χ3v) is 8.63. The number of rotatable bonds is 11. The number of carbonyl (C=O) groups is 1. The van der Waals surface area contributed by atoms with E-state index in [1.165, 1.54) is 12.5 Å². The number of hydrogen-bond acceptors (Lipinski definition) is 7. The van der Waals surface area contributed by atoms with Crippen LogP contribution in [0.5, 0.6) is 5.75 Å². The van der Waals surface area contributed by atoms with E-state index in [2.05, 4.69) is 25.4 Å². The van der Waals surface area contributed by atoms with E-state index in [1.807, 2.05) is 36.4 Å². The smallest absolute Gasteiger partial charge is 0.416 e. The maximum Gasteiger partial charge on any atom is 0.416 e. The molecule has 2 fully saturated rings. The highest BCUT2D eigenvalue weighted by Crippen LogP contribution is 2.35. The molecule has 2 N–H and O–H groups in total. The molecule has 4 aromatic rings. The first-order valence-electron chi connectivity index (χ1n) is 16.4. The van der Waals surface area contributed by atoms with Crippen molar-refractivity contribution in [2.24, 2.45) is 0 Å².